The van der Waals surface area contributed by atoms with Crippen molar-refractivity contribution in [2.75, 3.05) is 26.2 Å². The van der Waals surface area contributed by atoms with E-state index in [4.69, 9.17) is 0 Å². The summed E-state index contributed by atoms with van der Waals surface area (Å²) in [5.41, 5.74) is 2.84. The first-order valence-corrected chi connectivity index (χ1v) is 6.16. The van der Waals surface area contributed by atoms with E-state index in [0.29, 0.717) is 19.6 Å². The first-order valence-electron chi connectivity index (χ1n) is 6.16. The van der Waals surface area contributed by atoms with Crippen LogP contribution in [0.4, 0.5) is 0 Å². The minimum atomic E-state index is -0.00462. The number of hydrogen-bond donors (Lipinski definition) is 1. The van der Waals surface area contributed by atoms with E-state index in [1.807, 2.05) is 36.9 Å². The summed E-state index contributed by atoms with van der Waals surface area (Å²) in [5.74, 6) is 0.0842. The maximum Gasteiger partial charge on any atom is 0.234 e. The molecule has 4 heteroatoms. The van der Waals surface area contributed by atoms with Crippen LogP contribution in [0.15, 0.2) is 18.2 Å². The summed E-state index contributed by atoms with van der Waals surface area (Å²) >= 11 is 0. The van der Waals surface area contributed by atoms with Gasteiger partial charge in [-0.05, 0) is 25.5 Å². The fourth-order valence-corrected chi connectivity index (χ4v) is 2.15. The van der Waals surface area contributed by atoms with Crippen LogP contribution in [-0.2, 0) is 4.79 Å². The monoisotopic (exact) mass is 246 g/mol. The van der Waals surface area contributed by atoms with E-state index in [2.05, 4.69) is 5.32 Å². The van der Waals surface area contributed by atoms with Crippen molar-refractivity contribution in [2.45, 2.75) is 13.8 Å². The van der Waals surface area contributed by atoms with Gasteiger partial charge in [0.05, 0.1) is 13.1 Å². The minimum Gasteiger partial charge on any atom is -0.354 e. The van der Waals surface area contributed by atoms with Crippen LogP contribution in [0.5, 0.6) is 0 Å². The molecule has 1 aromatic carbocycles. The number of ketones is 1. The highest BCUT2D eigenvalue weighted by molar-refractivity contribution is 5.99. The quantitative estimate of drug-likeness (QED) is 0.807. The highest BCUT2D eigenvalue weighted by Crippen LogP contribution is 2.12. The molecule has 1 aromatic rings. The van der Waals surface area contributed by atoms with Crippen molar-refractivity contribution in [1.82, 2.24) is 10.2 Å². The number of carbonyl (C=O) groups excluding carboxylic acids is 2. The van der Waals surface area contributed by atoms with Gasteiger partial charge in [0.1, 0.15) is 0 Å². The summed E-state index contributed by atoms with van der Waals surface area (Å²) in [4.78, 5) is 25.4. The third kappa shape index (κ3) is 2.96. The number of piperazine rings is 1. The van der Waals surface area contributed by atoms with E-state index >= 15 is 0 Å². The Morgan fingerprint density at radius 3 is 2.89 bits per heavy atom. The molecular weight excluding hydrogens is 228 g/mol. The lowest BCUT2D eigenvalue weighted by molar-refractivity contribution is -0.123. The van der Waals surface area contributed by atoms with Gasteiger partial charge in [-0.1, -0.05) is 17.7 Å². The highest BCUT2D eigenvalue weighted by Gasteiger charge is 2.19. The zero-order valence-electron chi connectivity index (χ0n) is 10.8. The van der Waals surface area contributed by atoms with Crippen LogP contribution in [0.25, 0.3) is 0 Å². The zero-order chi connectivity index (χ0) is 13.1. The first kappa shape index (κ1) is 12.8. The predicted molar refractivity (Wildman–Crippen MR) is 69.7 cm³/mol. The largest absolute Gasteiger partial charge is 0.354 e. The summed E-state index contributed by atoms with van der Waals surface area (Å²) in [5, 5.41) is 2.75. The van der Waals surface area contributed by atoms with Gasteiger partial charge in [-0.25, -0.2) is 0 Å². The molecule has 18 heavy (non-hydrogen) atoms. The Morgan fingerprint density at radius 1 is 1.39 bits per heavy atom. The van der Waals surface area contributed by atoms with Gasteiger partial charge in [-0.3, -0.25) is 14.5 Å². The highest BCUT2D eigenvalue weighted by atomic mass is 16.2. The molecule has 0 radical (unpaired) electrons. The Bertz CT molecular complexity index is 483. The van der Waals surface area contributed by atoms with Crippen LogP contribution in [0.3, 0.4) is 0 Å². The number of amides is 1. The number of hydrogen-bond acceptors (Lipinski definition) is 3. The molecule has 0 bridgehead atoms. The number of Topliss-reactive ketones (excluding diaryl/α,β-unsaturated/α-hetero) is 1. The van der Waals surface area contributed by atoms with Crippen molar-refractivity contribution >= 4 is 11.7 Å². The van der Waals surface area contributed by atoms with Gasteiger partial charge < -0.3 is 5.32 Å². The summed E-state index contributed by atoms with van der Waals surface area (Å²) in [6.07, 6.45) is 0. The normalized spacial score (nSPS) is 16.4. The van der Waals surface area contributed by atoms with E-state index in [-0.39, 0.29) is 11.7 Å². The average Bonchev–Trinajstić information content (AvgIpc) is 2.32. The molecular formula is C14H18N2O2. The molecule has 1 fully saturated rings. The molecule has 1 N–H and O–H groups in total. The first-order chi connectivity index (χ1) is 8.56. The number of rotatable bonds is 3. The van der Waals surface area contributed by atoms with Gasteiger partial charge in [0.25, 0.3) is 0 Å². The molecule has 0 spiro atoms. The molecule has 0 saturated carbocycles. The molecule has 96 valence electrons. The van der Waals surface area contributed by atoms with Gasteiger partial charge >= 0.3 is 0 Å². The van der Waals surface area contributed by atoms with E-state index in [1.54, 1.807) is 0 Å². The SMILES string of the molecule is Cc1ccc(C)c(C(=O)CN2CCNC(=O)C2)c1. The van der Waals surface area contributed by atoms with Gasteiger partial charge in [-0.2, -0.15) is 0 Å². The van der Waals surface area contributed by atoms with E-state index in [9.17, 15) is 9.59 Å². The Balaban J connectivity index is 2.07. The molecule has 2 rings (SSSR count). The van der Waals surface area contributed by atoms with Crippen molar-refractivity contribution in [3.63, 3.8) is 0 Å². The summed E-state index contributed by atoms with van der Waals surface area (Å²) in [6.45, 7) is 5.91. The van der Waals surface area contributed by atoms with E-state index in [0.717, 1.165) is 23.2 Å². The Labute approximate surface area is 107 Å². The van der Waals surface area contributed by atoms with E-state index in [1.165, 1.54) is 0 Å². The Morgan fingerprint density at radius 2 is 2.17 bits per heavy atom. The van der Waals surface area contributed by atoms with Gasteiger partial charge in [0.15, 0.2) is 5.78 Å². The van der Waals surface area contributed by atoms with Crippen LogP contribution in [0.1, 0.15) is 21.5 Å². The molecule has 1 aliphatic rings. The lowest BCUT2D eigenvalue weighted by atomic mass is 10.0. The smallest absolute Gasteiger partial charge is 0.234 e. The molecule has 0 aromatic heterocycles. The van der Waals surface area contributed by atoms with Gasteiger partial charge in [0.2, 0.25) is 5.91 Å². The maximum atomic E-state index is 12.2. The fraction of sp³-hybridized carbons (Fsp3) is 0.429. The Kier molecular flexibility index (Phi) is 3.77. The van der Waals surface area contributed by atoms with E-state index < -0.39 is 0 Å². The van der Waals surface area contributed by atoms with Crippen molar-refractivity contribution in [1.29, 1.82) is 0 Å². The number of carbonyl (C=O) groups is 2. The number of aryl methyl sites for hydroxylation is 2. The summed E-state index contributed by atoms with van der Waals surface area (Å²) in [7, 11) is 0. The zero-order valence-corrected chi connectivity index (χ0v) is 10.8. The van der Waals surface area contributed by atoms with Crippen LogP contribution in [0.2, 0.25) is 0 Å². The van der Waals surface area contributed by atoms with Gasteiger partial charge in [-0.15, -0.1) is 0 Å². The maximum absolute atomic E-state index is 12.2. The second-order valence-corrected chi connectivity index (χ2v) is 4.80. The summed E-state index contributed by atoms with van der Waals surface area (Å²) in [6, 6.07) is 5.88. The van der Waals surface area contributed by atoms with Crippen LogP contribution in [-0.4, -0.2) is 42.8 Å². The molecule has 0 atom stereocenters. The average molecular weight is 246 g/mol. The summed E-state index contributed by atoms with van der Waals surface area (Å²) < 4.78 is 0. The standard InChI is InChI=1S/C14H18N2O2/c1-10-3-4-11(2)12(7-10)13(17)8-16-6-5-15-14(18)9-16/h3-4,7H,5-6,8-9H2,1-2H3,(H,15,18). The second kappa shape index (κ2) is 5.31. The van der Waals surface area contributed by atoms with Crippen molar-refractivity contribution < 1.29 is 9.59 Å². The minimum absolute atomic E-state index is 0.00462. The number of nitrogens with one attached hydrogen (secondary N) is 1. The molecule has 0 aliphatic carbocycles. The van der Waals surface area contributed by atoms with Crippen molar-refractivity contribution in [2.24, 2.45) is 0 Å². The molecule has 4 nitrogen and oxygen atoms in total. The third-order valence-corrected chi connectivity index (χ3v) is 3.18. The second-order valence-electron chi connectivity index (χ2n) is 4.80. The van der Waals surface area contributed by atoms with Crippen molar-refractivity contribution in [3.05, 3.63) is 34.9 Å². The van der Waals surface area contributed by atoms with Crippen LogP contribution >= 0.6 is 0 Å². The Hall–Kier alpha value is -1.68. The number of nitrogens with zero attached hydrogens (tertiary/aromatic N) is 1. The van der Waals surface area contributed by atoms with Crippen LogP contribution < -0.4 is 5.32 Å². The fourth-order valence-electron chi connectivity index (χ4n) is 2.15. The lowest BCUT2D eigenvalue weighted by Gasteiger charge is -2.25. The molecule has 0 unspecified atom stereocenters. The predicted octanol–water partition coefficient (Wildman–Crippen LogP) is 0.918. The molecule has 1 heterocycles. The molecule has 1 amide bonds. The van der Waals surface area contributed by atoms with Gasteiger partial charge in [0, 0.05) is 18.7 Å². The van der Waals surface area contributed by atoms with Crippen molar-refractivity contribution in [3.8, 4) is 0 Å². The molecule has 1 saturated heterocycles. The lowest BCUT2D eigenvalue weighted by Crippen LogP contribution is -2.49. The van der Waals surface area contributed by atoms with Crippen LogP contribution in [0, 0.1) is 13.8 Å². The topological polar surface area (TPSA) is 49.4 Å². The number of benzene rings is 1. The third-order valence-electron chi connectivity index (χ3n) is 3.18. The molecule has 1 aliphatic heterocycles.